The van der Waals surface area contributed by atoms with Gasteiger partial charge in [0.1, 0.15) is 104 Å². The van der Waals surface area contributed by atoms with Crippen LogP contribution >= 0.6 is 0 Å². The second-order valence-electron chi connectivity index (χ2n) is 29.4. The van der Waals surface area contributed by atoms with E-state index in [-0.39, 0.29) is 66.1 Å². The van der Waals surface area contributed by atoms with Crippen molar-refractivity contribution >= 4 is 5.91 Å². The molecule has 24 heteroatoms. The van der Waals surface area contributed by atoms with E-state index in [2.05, 4.69) is 11.9 Å². The molecule has 8 aromatic rings. The second kappa shape index (κ2) is 43.0. The quantitative estimate of drug-likeness (QED) is 0.0225. The highest BCUT2D eigenvalue weighted by atomic mass is 16.8. The van der Waals surface area contributed by atoms with E-state index in [4.69, 9.17) is 85.3 Å². The van der Waals surface area contributed by atoms with E-state index in [1.54, 1.807) is 13.8 Å². The lowest BCUT2D eigenvalue weighted by atomic mass is 9.94. The van der Waals surface area contributed by atoms with Gasteiger partial charge >= 0.3 is 0 Å². The number of rotatable bonds is 38. The number of amides is 1. The molecule has 5 heterocycles. The summed E-state index contributed by atoms with van der Waals surface area (Å²) in [5.74, 6) is -0.526. The van der Waals surface area contributed by atoms with E-state index in [1.807, 2.05) is 250 Å². The van der Waals surface area contributed by atoms with Gasteiger partial charge in [-0.1, -0.05) is 249 Å². The third-order valence-electron chi connectivity index (χ3n) is 21.0. The topological polar surface area (TPSA) is 276 Å². The highest BCUT2D eigenvalue weighted by Crippen LogP contribution is 2.41. The first-order valence-corrected chi connectivity index (χ1v) is 39.5. The summed E-state index contributed by atoms with van der Waals surface area (Å²) in [6, 6.07) is 76.2. The maximum absolute atomic E-state index is 13.9. The maximum Gasteiger partial charge on any atom is 0.217 e. The summed E-state index contributed by atoms with van der Waals surface area (Å²) in [5, 5.41) is 52.6. The SMILES string of the molecule is C=CCO[C@@H]1O[C@H](CO)[C@@H](O)[C@H](O[C@@H]2O[C@@H](C)[C@H](OCc3ccccc3)[C@@H](O[C@@H]3O[C@@H](C)[C@H](OCc4ccccc4)[C@@H](OCc4ccccc4)[C@H]3O[C@@H]3O[C@@H](C)[C@H](OCc4ccccc4)[C@@H](O[C@H]4O[C@H](COCc5ccccc5)[C@@H](OCc5ccccc5)[C@H](OCc5ccccc5)[C@H]4OCc4ccccc4)[C@H]3O)[C@H]2O)[C@H]1NC(C)=O. The van der Waals surface area contributed by atoms with Gasteiger partial charge < -0.3 is 111 Å². The zero-order valence-electron chi connectivity index (χ0n) is 65.1. The van der Waals surface area contributed by atoms with Crippen molar-refractivity contribution in [1.29, 1.82) is 0 Å². The van der Waals surface area contributed by atoms with Crippen molar-refractivity contribution in [3.8, 4) is 0 Å². The van der Waals surface area contributed by atoms with Crippen LogP contribution in [0, 0.1) is 0 Å². The Balaban J connectivity index is 0.899. The molecule has 0 unspecified atom stereocenters. The molecule has 115 heavy (non-hydrogen) atoms. The van der Waals surface area contributed by atoms with Crippen molar-refractivity contribution in [2.75, 3.05) is 19.8 Å². The minimum absolute atomic E-state index is 0.00694. The van der Waals surface area contributed by atoms with E-state index >= 15 is 0 Å². The lowest BCUT2D eigenvalue weighted by Gasteiger charge is -2.52. The molecule has 5 fully saturated rings. The van der Waals surface area contributed by atoms with Crippen LogP contribution in [0.15, 0.2) is 255 Å². The van der Waals surface area contributed by atoms with Crippen molar-refractivity contribution in [1.82, 2.24) is 5.32 Å². The summed E-state index contributed by atoms with van der Waals surface area (Å²) in [6.07, 6.45) is -29.4. The molecule has 0 bridgehead atoms. The number of hydrogen-bond donors (Lipinski definition) is 5. The molecule has 1 amide bonds. The number of carbonyl (C=O) groups is 1. The van der Waals surface area contributed by atoms with E-state index in [1.165, 1.54) is 13.0 Å². The Bertz CT molecular complexity index is 4100. The van der Waals surface area contributed by atoms with Crippen LogP contribution in [0.2, 0.25) is 0 Å². The number of nitrogens with one attached hydrogen (secondary N) is 1. The molecule has 0 spiro atoms. The van der Waals surface area contributed by atoms with Crippen LogP contribution in [-0.2, 0) is 143 Å². The van der Waals surface area contributed by atoms with Gasteiger partial charge in [-0.05, 0) is 65.3 Å². The Hall–Kier alpha value is -7.91. The smallest absolute Gasteiger partial charge is 0.217 e. The summed E-state index contributed by atoms with van der Waals surface area (Å²) >= 11 is 0. The Kier molecular flexibility index (Phi) is 31.8. The zero-order chi connectivity index (χ0) is 79.8. The largest absolute Gasteiger partial charge is 0.394 e. The van der Waals surface area contributed by atoms with Crippen molar-refractivity contribution < 1.29 is 110 Å². The van der Waals surface area contributed by atoms with Crippen molar-refractivity contribution in [2.45, 2.75) is 234 Å². The van der Waals surface area contributed by atoms with Gasteiger partial charge in [-0.3, -0.25) is 4.79 Å². The summed E-state index contributed by atoms with van der Waals surface area (Å²) in [6.45, 7) is 10.4. The van der Waals surface area contributed by atoms with Crippen LogP contribution in [0.25, 0.3) is 0 Å². The molecular weight excluding hydrogens is 1470 g/mol. The fourth-order valence-electron chi connectivity index (χ4n) is 15.1. The van der Waals surface area contributed by atoms with Crippen LogP contribution in [-0.4, -0.2) is 200 Å². The molecule has 5 aliphatic rings. The van der Waals surface area contributed by atoms with Crippen molar-refractivity contribution in [3.05, 3.63) is 300 Å². The summed E-state index contributed by atoms with van der Waals surface area (Å²) < 4.78 is 125. The standard InChI is InChI=1S/C91H107NO23/c1-6-47-99-87-72(92-61(5)94)80(73(95)70(48-93)110-87)112-88-74(96)82(77(58(2)107-88)101-51-64-35-19-9-20-36-64)114-91-86(83(104-54-67-41-25-12-26-42-67)78(60(4)109-91)102-52-65-37-21-10-22-38-65)115-89-75(97)81(76(59(3)108-89)100-50-63-33-17-8-18-34-63)113-90-85(106-56-69-45-29-14-30-46-69)84(105-55-68-43-27-13-28-44-68)79(103-53-66-39-23-11-24-40-66)71(111-90)57-98-49-62-31-15-7-16-32-62/h6-46,58-60,70-91,93,95-97H,1,47-57H2,2-5H3,(H,92,94)/t58-,59-,60-,70+,71+,72+,73+,74+,75+,76-,77-,78-,79+,80+,81-,82-,83+,84-,85+,86+,87+,88-,89-,90+,91-/m0/s1. The minimum atomic E-state index is -1.82. The summed E-state index contributed by atoms with van der Waals surface area (Å²) in [7, 11) is 0. The van der Waals surface area contributed by atoms with Gasteiger partial charge in [0.25, 0.3) is 0 Å². The van der Waals surface area contributed by atoms with Crippen LogP contribution < -0.4 is 5.32 Å². The van der Waals surface area contributed by atoms with Gasteiger partial charge in [0.15, 0.2) is 31.5 Å². The summed E-state index contributed by atoms with van der Waals surface area (Å²) in [4.78, 5) is 13.0. The lowest BCUT2D eigenvalue weighted by molar-refractivity contribution is -0.404. The zero-order valence-corrected chi connectivity index (χ0v) is 65.1. The van der Waals surface area contributed by atoms with E-state index in [0.29, 0.717) is 0 Å². The first kappa shape index (κ1) is 85.0. The fourth-order valence-corrected chi connectivity index (χ4v) is 15.1. The maximum atomic E-state index is 13.9. The Morgan fingerprint density at radius 3 is 1.00 bits per heavy atom. The molecule has 0 aliphatic carbocycles. The Labute approximate surface area is 672 Å². The molecule has 13 rings (SSSR count). The van der Waals surface area contributed by atoms with E-state index < -0.39 is 166 Å². The van der Waals surface area contributed by atoms with Crippen LogP contribution in [0.1, 0.15) is 72.2 Å². The number of carbonyl (C=O) groups excluding carboxylic acids is 1. The van der Waals surface area contributed by atoms with Crippen molar-refractivity contribution in [2.24, 2.45) is 0 Å². The molecule has 0 radical (unpaired) electrons. The molecular formula is C91H107NO23. The van der Waals surface area contributed by atoms with Gasteiger partial charge in [-0.15, -0.1) is 6.58 Å². The predicted molar refractivity (Wildman–Crippen MR) is 420 cm³/mol. The van der Waals surface area contributed by atoms with Gasteiger partial charge in [-0.2, -0.15) is 0 Å². The lowest BCUT2D eigenvalue weighted by Crippen LogP contribution is -2.69. The highest BCUT2D eigenvalue weighted by molar-refractivity contribution is 5.73. The molecule has 614 valence electrons. The van der Waals surface area contributed by atoms with E-state index in [9.17, 15) is 25.2 Å². The molecule has 5 saturated heterocycles. The fraction of sp³-hybridized carbons (Fsp3) is 0.440. The van der Waals surface area contributed by atoms with Gasteiger partial charge in [0, 0.05) is 6.92 Å². The third-order valence-corrected chi connectivity index (χ3v) is 21.0. The normalized spacial score (nSPS) is 31.6. The number of aliphatic hydroxyl groups excluding tert-OH is 4. The Morgan fingerprint density at radius 1 is 0.339 bits per heavy atom. The molecule has 8 aromatic carbocycles. The van der Waals surface area contributed by atoms with E-state index in [0.717, 1.165) is 44.5 Å². The minimum Gasteiger partial charge on any atom is -0.394 e. The third kappa shape index (κ3) is 23.1. The van der Waals surface area contributed by atoms with Gasteiger partial charge in [0.05, 0.1) is 91.0 Å². The van der Waals surface area contributed by atoms with Crippen LogP contribution in [0.4, 0.5) is 0 Å². The Morgan fingerprint density at radius 2 is 0.635 bits per heavy atom. The van der Waals surface area contributed by atoms with Crippen LogP contribution in [0.3, 0.4) is 0 Å². The van der Waals surface area contributed by atoms with Gasteiger partial charge in [-0.25, -0.2) is 0 Å². The first-order chi connectivity index (χ1) is 56.2. The number of aliphatic hydroxyl groups is 4. The molecule has 24 nitrogen and oxygen atoms in total. The summed E-state index contributed by atoms with van der Waals surface area (Å²) in [5.41, 5.74) is 6.82. The number of hydrogen-bond acceptors (Lipinski definition) is 23. The molecule has 5 aliphatic heterocycles. The van der Waals surface area contributed by atoms with Crippen LogP contribution in [0.5, 0.6) is 0 Å². The average Bonchev–Trinajstić information content (AvgIpc) is 0.765. The molecule has 25 atom stereocenters. The van der Waals surface area contributed by atoms with Gasteiger partial charge in [0.2, 0.25) is 5.91 Å². The predicted octanol–water partition coefficient (Wildman–Crippen LogP) is 10.3. The average molecular weight is 1580 g/mol. The molecule has 0 aromatic heterocycles. The van der Waals surface area contributed by atoms with Crippen molar-refractivity contribution in [3.63, 3.8) is 0 Å². The number of benzene rings is 8. The highest BCUT2D eigenvalue weighted by Gasteiger charge is 2.59. The number of ether oxygens (including phenoxy) is 18. The monoisotopic (exact) mass is 1580 g/mol. The molecule has 0 saturated carbocycles. The first-order valence-electron chi connectivity index (χ1n) is 39.5. The second-order valence-corrected chi connectivity index (χ2v) is 29.4. The molecule has 5 N–H and O–H groups in total.